The van der Waals surface area contributed by atoms with Crippen molar-refractivity contribution in [3.8, 4) is 11.5 Å². The largest absolute Gasteiger partial charge is 0.486 e. The average Bonchev–Trinajstić information content (AvgIpc) is 2.97. The Morgan fingerprint density at radius 2 is 2.05 bits per heavy atom. The molecule has 0 aliphatic carbocycles. The number of benzene rings is 1. The number of carbonyl (C=O) groups excluding carboxylic acids is 1. The second-order valence-electron chi connectivity index (χ2n) is 6.03. The summed E-state index contributed by atoms with van der Waals surface area (Å²) in [5.41, 5.74) is 0.692. The van der Waals surface area contributed by atoms with E-state index in [4.69, 9.17) is 9.47 Å². The third-order valence-corrected chi connectivity index (χ3v) is 4.68. The van der Waals surface area contributed by atoms with Gasteiger partial charge >= 0.3 is 0 Å². The number of hydrogen-bond acceptors (Lipinski definition) is 4. The molecule has 0 bridgehead atoms. The summed E-state index contributed by atoms with van der Waals surface area (Å²) in [6.07, 6.45) is 2.44. The minimum atomic E-state index is 0.100. The fourth-order valence-electron chi connectivity index (χ4n) is 3.57. The molecule has 3 aliphatic rings. The molecule has 3 aliphatic heterocycles. The summed E-state index contributed by atoms with van der Waals surface area (Å²) in [7, 11) is 0. The van der Waals surface area contributed by atoms with Crippen molar-refractivity contribution in [1.82, 2.24) is 10.2 Å². The van der Waals surface area contributed by atoms with Crippen LogP contribution in [0.4, 0.5) is 0 Å². The van der Waals surface area contributed by atoms with Gasteiger partial charge in [-0.15, -0.1) is 0 Å². The van der Waals surface area contributed by atoms with Crippen LogP contribution in [0, 0.1) is 5.92 Å². The van der Waals surface area contributed by atoms with Gasteiger partial charge in [0.25, 0.3) is 5.91 Å². The molecule has 21 heavy (non-hydrogen) atoms. The molecule has 1 aromatic carbocycles. The molecule has 0 radical (unpaired) electrons. The van der Waals surface area contributed by atoms with Crippen molar-refractivity contribution >= 4 is 5.91 Å². The molecular weight excluding hydrogens is 268 g/mol. The lowest BCUT2D eigenvalue weighted by Crippen LogP contribution is -2.41. The summed E-state index contributed by atoms with van der Waals surface area (Å²) in [6, 6.07) is 5.96. The summed E-state index contributed by atoms with van der Waals surface area (Å²) >= 11 is 0. The van der Waals surface area contributed by atoms with Gasteiger partial charge in [0.15, 0.2) is 11.5 Å². The Balaban J connectivity index is 1.52. The Morgan fingerprint density at radius 3 is 2.90 bits per heavy atom. The highest BCUT2D eigenvalue weighted by molar-refractivity contribution is 5.95. The third kappa shape index (κ3) is 2.35. The Bertz CT molecular complexity index is 546. The topological polar surface area (TPSA) is 50.8 Å². The maximum Gasteiger partial charge on any atom is 0.254 e. The van der Waals surface area contributed by atoms with Gasteiger partial charge in [-0.05, 0) is 43.5 Å². The summed E-state index contributed by atoms with van der Waals surface area (Å²) in [5, 5.41) is 3.53. The lowest BCUT2D eigenvalue weighted by molar-refractivity contribution is 0.0784. The smallest absolute Gasteiger partial charge is 0.254 e. The average molecular weight is 288 g/mol. The van der Waals surface area contributed by atoms with Crippen molar-refractivity contribution in [2.24, 2.45) is 5.92 Å². The first-order valence-corrected chi connectivity index (χ1v) is 7.73. The zero-order valence-corrected chi connectivity index (χ0v) is 12.0. The van der Waals surface area contributed by atoms with Gasteiger partial charge in [0.05, 0.1) is 0 Å². The van der Waals surface area contributed by atoms with Crippen LogP contribution in [0.2, 0.25) is 0 Å². The Kier molecular flexibility index (Phi) is 3.22. The molecule has 2 unspecified atom stereocenters. The lowest BCUT2D eigenvalue weighted by atomic mass is 9.94. The van der Waals surface area contributed by atoms with Crippen molar-refractivity contribution in [3.63, 3.8) is 0 Å². The van der Waals surface area contributed by atoms with E-state index >= 15 is 0 Å². The van der Waals surface area contributed by atoms with Gasteiger partial charge in [-0.3, -0.25) is 4.79 Å². The van der Waals surface area contributed by atoms with Crippen molar-refractivity contribution in [1.29, 1.82) is 0 Å². The molecule has 112 valence electrons. The first kappa shape index (κ1) is 13.0. The fourth-order valence-corrected chi connectivity index (χ4v) is 3.57. The maximum atomic E-state index is 12.7. The van der Waals surface area contributed by atoms with Gasteiger partial charge < -0.3 is 19.7 Å². The molecule has 4 rings (SSSR count). The van der Waals surface area contributed by atoms with Gasteiger partial charge in [0.1, 0.15) is 13.2 Å². The number of nitrogens with zero attached hydrogens (tertiary/aromatic N) is 1. The number of piperidine rings is 1. The maximum absolute atomic E-state index is 12.7. The van der Waals surface area contributed by atoms with Crippen molar-refractivity contribution < 1.29 is 14.3 Å². The van der Waals surface area contributed by atoms with Crippen LogP contribution in [0.5, 0.6) is 11.5 Å². The van der Waals surface area contributed by atoms with Gasteiger partial charge in [0, 0.05) is 24.7 Å². The number of likely N-dealkylation sites (tertiary alicyclic amines) is 1. The number of hydrogen-bond donors (Lipinski definition) is 1. The van der Waals surface area contributed by atoms with E-state index in [9.17, 15) is 4.79 Å². The molecule has 5 nitrogen and oxygen atoms in total. The molecule has 0 spiro atoms. The molecule has 2 saturated heterocycles. The zero-order chi connectivity index (χ0) is 14.2. The molecule has 1 amide bonds. The number of fused-ring (bicyclic) bond motifs is 2. The molecular formula is C16H20N2O3. The minimum Gasteiger partial charge on any atom is -0.486 e. The van der Waals surface area contributed by atoms with Crippen molar-refractivity contribution in [3.05, 3.63) is 23.8 Å². The lowest BCUT2D eigenvalue weighted by Gasteiger charge is -2.24. The second kappa shape index (κ2) is 5.22. The Labute approximate surface area is 124 Å². The Morgan fingerprint density at radius 1 is 1.19 bits per heavy atom. The summed E-state index contributed by atoms with van der Waals surface area (Å²) < 4.78 is 11.1. The number of carbonyl (C=O) groups is 1. The SMILES string of the molecule is O=C(c1ccc2c(c1)OCCO2)N1CC2CCCNC2C1. The molecule has 2 atom stereocenters. The van der Waals surface area contributed by atoms with Crippen LogP contribution in [0.3, 0.4) is 0 Å². The van der Waals surface area contributed by atoms with Crippen LogP contribution in [-0.4, -0.2) is 49.7 Å². The van der Waals surface area contributed by atoms with E-state index in [0.29, 0.717) is 36.5 Å². The minimum absolute atomic E-state index is 0.100. The van der Waals surface area contributed by atoms with Gasteiger partial charge in [-0.25, -0.2) is 0 Å². The molecule has 5 heteroatoms. The van der Waals surface area contributed by atoms with Gasteiger partial charge in [0.2, 0.25) is 0 Å². The molecule has 2 fully saturated rings. The highest BCUT2D eigenvalue weighted by Gasteiger charge is 2.36. The van der Waals surface area contributed by atoms with E-state index in [1.165, 1.54) is 12.8 Å². The molecule has 1 N–H and O–H groups in total. The first-order valence-electron chi connectivity index (χ1n) is 7.73. The predicted molar refractivity (Wildman–Crippen MR) is 77.9 cm³/mol. The Hall–Kier alpha value is -1.75. The number of nitrogens with one attached hydrogen (secondary N) is 1. The van der Waals surface area contributed by atoms with E-state index in [1.807, 2.05) is 23.1 Å². The highest BCUT2D eigenvalue weighted by atomic mass is 16.6. The first-order chi connectivity index (χ1) is 10.3. The monoisotopic (exact) mass is 288 g/mol. The van der Waals surface area contributed by atoms with E-state index in [-0.39, 0.29) is 5.91 Å². The van der Waals surface area contributed by atoms with Crippen LogP contribution >= 0.6 is 0 Å². The second-order valence-corrected chi connectivity index (χ2v) is 6.03. The van der Waals surface area contributed by atoms with E-state index in [0.717, 1.165) is 25.4 Å². The molecule has 1 aromatic rings. The van der Waals surface area contributed by atoms with Crippen molar-refractivity contribution in [2.45, 2.75) is 18.9 Å². The standard InChI is InChI=1S/C16H20N2O3/c19-16(18-9-12-2-1-5-17-13(12)10-18)11-3-4-14-15(8-11)21-7-6-20-14/h3-4,8,12-13,17H,1-2,5-7,9-10H2. The van der Waals surface area contributed by atoms with Crippen molar-refractivity contribution in [2.75, 3.05) is 32.8 Å². The van der Waals surface area contributed by atoms with Crippen LogP contribution in [0.15, 0.2) is 18.2 Å². The van der Waals surface area contributed by atoms with Crippen LogP contribution in [0.1, 0.15) is 23.2 Å². The van der Waals surface area contributed by atoms with E-state index in [1.54, 1.807) is 0 Å². The zero-order valence-electron chi connectivity index (χ0n) is 12.0. The fraction of sp³-hybridized carbons (Fsp3) is 0.562. The number of amides is 1. The molecule has 3 heterocycles. The van der Waals surface area contributed by atoms with Crippen LogP contribution < -0.4 is 14.8 Å². The van der Waals surface area contributed by atoms with E-state index in [2.05, 4.69) is 5.32 Å². The predicted octanol–water partition coefficient (Wildman–Crippen LogP) is 1.28. The van der Waals surface area contributed by atoms with Crippen LogP contribution in [-0.2, 0) is 0 Å². The molecule has 0 saturated carbocycles. The molecule has 0 aromatic heterocycles. The van der Waals surface area contributed by atoms with Gasteiger partial charge in [-0.2, -0.15) is 0 Å². The van der Waals surface area contributed by atoms with Crippen LogP contribution in [0.25, 0.3) is 0 Å². The number of ether oxygens (including phenoxy) is 2. The summed E-state index contributed by atoms with van der Waals surface area (Å²) in [6.45, 7) is 3.87. The van der Waals surface area contributed by atoms with Gasteiger partial charge in [-0.1, -0.05) is 0 Å². The summed E-state index contributed by atoms with van der Waals surface area (Å²) in [5.74, 6) is 2.12. The highest BCUT2D eigenvalue weighted by Crippen LogP contribution is 2.32. The normalized spacial score (nSPS) is 27.3. The summed E-state index contributed by atoms with van der Waals surface area (Å²) in [4.78, 5) is 14.6. The third-order valence-electron chi connectivity index (χ3n) is 4.68. The number of rotatable bonds is 1. The quantitative estimate of drug-likeness (QED) is 0.846. The van der Waals surface area contributed by atoms with E-state index < -0.39 is 0 Å².